The molecule has 0 unspecified atom stereocenters. The molecular weight excluding hydrogens is 582 g/mol. The van der Waals surface area contributed by atoms with Gasteiger partial charge in [-0.05, 0) is 55.5 Å². The Bertz CT molecular complexity index is 1630. The Labute approximate surface area is 259 Å². The number of hydrogen-bond donors (Lipinski definition) is 3. The first-order valence-electron chi connectivity index (χ1n) is 14.2. The first kappa shape index (κ1) is 30.8. The van der Waals surface area contributed by atoms with E-state index >= 15 is 0 Å². The number of carbonyl (C=O) groups excluding carboxylic acids is 3. The van der Waals surface area contributed by atoms with E-state index in [0.717, 1.165) is 10.2 Å². The second-order valence-electron chi connectivity index (χ2n) is 10.8. The number of amides is 4. The zero-order valence-corrected chi connectivity index (χ0v) is 25.8. The molecule has 2 heterocycles. The molecule has 0 saturated heterocycles. The number of fused-ring (bicyclic) bond motifs is 2. The highest BCUT2D eigenvalue weighted by Crippen LogP contribution is 2.35. The standard InChI is InChI=1S/C32H35N5O6S/c1-19-16-37(20(2)18-38)31(40)23-8-7-10-25(34-29(39)30-35-24-9-5-6-11-27(24)44-30)28(23)43-26(19)17-36(3)32(41)33-21-12-14-22(42-4)15-13-21/h5-15,19-20,26,38H,16-18H2,1-4H3,(H,33,41)(H,34,39)/t19-,20-,26-/m1/s1. The van der Waals surface area contributed by atoms with Crippen molar-refractivity contribution in [1.29, 1.82) is 0 Å². The first-order valence-corrected chi connectivity index (χ1v) is 15.0. The summed E-state index contributed by atoms with van der Waals surface area (Å²) in [5.74, 6) is -0.130. The molecule has 3 N–H and O–H groups in total. The molecule has 12 heteroatoms. The predicted molar refractivity (Wildman–Crippen MR) is 170 cm³/mol. The summed E-state index contributed by atoms with van der Waals surface area (Å²) in [5, 5.41) is 16.0. The summed E-state index contributed by atoms with van der Waals surface area (Å²) in [6.07, 6.45) is -0.567. The van der Waals surface area contributed by atoms with Gasteiger partial charge >= 0.3 is 6.03 Å². The van der Waals surface area contributed by atoms with E-state index in [4.69, 9.17) is 9.47 Å². The number of aliphatic hydroxyl groups is 1. The Hall–Kier alpha value is -4.68. The Morgan fingerprint density at radius 2 is 1.89 bits per heavy atom. The lowest BCUT2D eigenvalue weighted by molar-refractivity contribution is 0.0372. The molecule has 1 aromatic heterocycles. The van der Waals surface area contributed by atoms with Crippen LogP contribution in [-0.4, -0.2) is 83.7 Å². The Morgan fingerprint density at radius 1 is 1.14 bits per heavy atom. The van der Waals surface area contributed by atoms with Gasteiger partial charge in [0.15, 0.2) is 10.8 Å². The van der Waals surface area contributed by atoms with E-state index in [1.807, 2.05) is 31.2 Å². The van der Waals surface area contributed by atoms with Crippen molar-refractivity contribution in [2.24, 2.45) is 5.92 Å². The zero-order valence-electron chi connectivity index (χ0n) is 24.9. The number of rotatable bonds is 8. The second-order valence-corrected chi connectivity index (χ2v) is 11.8. The van der Waals surface area contributed by atoms with Gasteiger partial charge in [-0.3, -0.25) is 9.59 Å². The molecule has 11 nitrogen and oxygen atoms in total. The topological polar surface area (TPSA) is 133 Å². The summed E-state index contributed by atoms with van der Waals surface area (Å²) in [5.41, 5.74) is 1.87. The Morgan fingerprint density at radius 3 is 2.59 bits per heavy atom. The van der Waals surface area contributed by atoms with Crippen LogP contribution in [0.5, 0.6) is 11.5 Å². The van der Waals surface area contributed by atoms with Crippen LogP contribution in [0.15, 0.2) is 66.7 Å². The molecule has 5 rings (SSSR count). The third kappa shape index (κ3) is 6.61. The van der Waals surface area contributed by atoms with E-state index in [1.54, 1.807) is 68.4 Å². The van der Waals surface area contributed by atoms with E-state index in [1.165, 1.54) is 16.2 Å². The lowest BCUT2D eigenvalue weighted by Crippen LogP contribution is -2.50. The zero-order chi connectivity index (χ0) is 31.4. The number of nitrogens with zero attached hydrogens (tertiary/aromatic N) is 3. The third-order valence-electron chi connectivity index (χ3n) is 7.57. The number of carbonyl (C=O) groups is 3. The molecule has 230 valence electrons. The number of ether oxygens (including phenoxy) is 2. The van der Waals surface area contributed by atoms with E-state index in [9.17, 15) is 19.5 Å². The van der Waals surface area contributed by atoms with Crippen LogP contribution >= 0.6 is 11.3 Å². The first-order chi connectivity index (χ1) is 21.2. The summed E-state index contributed by atoms with van der Waals surface area (Å²) in [4.78, 5) is 47.8. The molecule has 4 amide bonds. The summed E-state index contributed by atoms with van der Waals surface area (Å²) < 4.78 is 12.6. The SMILES string of the molecule is COc1ccc(NC(=O)N(C)C[C@H]2Oc3c(NC(=O)c4nc5ccccc5s4)cccc3C(=O)N([C@H](C)CO)C[C@H]2C)cc1. The van der Waals surface area contributed by atoms with Gasteiger partial charge in [-0.25, -0.2) is 9.78 Å². The van der Waals surface area contributed by atoms with Gasteiger partial charge in [-0.15, -0.1) is 11.3 Å². The summed E-state index contributed by atoms with van der Waals surface area (Å²) in [7, 11) is 3.23. The molecule has 4 aromatic rings. The van der Waals surface area contributed by atoms with E-state index < -0.39 is 18.1 Å². The maximum Gasteiger partial charge on any atom is 0.321 e. The molecule has 3 atom stereocenters. The van der Waals surface area contributed by atoms with Crippen molar-refractivity contribution in [3.63, 3.8) is 0 Å². The minimum absolute atomic E-state index is 0.179. The van der Waals surface area contributed by atoms with Crippen molar-refractivity contribution in [3.05, 3.63) is 77.3 Å². The fourth-order valence-electron chi connectivity index (χ4n) is 4.95. The van der Waals surface area contributed by atoms with Gasteiger partial charge < -0.3 is 35.0 Å². The number of aliphatic hydroxyl groups excluding tert-OH is 1. The van der Waals surface area contributed by atoms with Gasteiger partial charge in [0, 0.05) is 25.2 Å². The number of hydrogen-bond acceptors (Lipinski definition) is 8. The average molecular weight is 618 g/mol. The molecule has 3 aromatic carbocycles. The molecule has 1 aliphatic heterocycles. The Balaban J connectivity index is 1.43. The number of para-hydroxylation sites is 2. The van der Waals surface area contributed by atoms with Gasteiger partial charge in [0.2, 0.25) is 0 Å². The summed E-state index contributed by atoms with van der Waals surface area (Å²) >= 11 is 1.27. The highest BCUT2D eigenvalue weighted by Gasteiger charge is 2.35. The lowest BCUT2D eigenvalue weighted by atomic mass is 9.99. The van der Waals surface area contributed by atoms with Gasteiger partial charge in [0.05, 0.1) is 47.8 Å². The minimum atomic E-state index is -0.567. The van der Waals surface area contributed by atoms with Crippen molar-refractivity contribution >= 4 is 50.8 Å². The number of aromatic nitrogens is 1. The van der Waals surface area contributed by atoms with Crippen LogP contribution in [0.25, 0.3) is 10.2 Å². The Kier molecular flexibility index (Phi) is 9.31. The summed E-state index contributed by atoms with van der Waals surface area (Å²) in [6, 6.07) is 18.6. The number of nitrogens with one attached hydrogen (secondary N) is 2. The smallest absolute Gasteiger partial charge is 0.321 e. The van der Waals surface area contributed by atoms with Crippen LogP contribution in [0, 0.1) is 5.92 Å². The molecular formula is C32H35N5O6S. The van der Waals surface area contributed by atoms with E-state index in [0.29, 0.717) is 23.7 Å². The van der Waals surface area contributed by atoms with Crippen LogP contribution in [0.1, 0.15) is 34.0 Å². The normalized spacial score (nSPS) is 17.1. The highest BCUT2D eigenvalue weighted by molar-refractivity contribution is 7.20. The maximum atomic E-state index is 13.8. The number of urea groups is 1. The molecule has 0 saturated carbocycles. The predicted octanol–water partition coefficient (Wildman–Crippen LogP) is 4.94. The number of thiazole rings is 1. The molecule has 0 spiro atoms. The quantitative estimate of drug-likeness (QED) is 0.255. The van der Waals surface area contributed by atoms with E-state index in [2.05, 4.69) is 15.6 Å². The number of likely N-dealkylation sites (N-methyl/N-ethyl adjacent to an activating group) is 1. The van der Waals surface area contributed by atoms with Crippen LogP contribution in [-0.2, 0) is 0 Å². The average Bonchev–Trinajstić information content (AvgIpc) is 3.47. The van der Waals surface area contributed by atoms with E-state index in [-0.39, 0.29) is 47.3 Å². The lowest BCUT2D eigenvalue weighted by Gasteiger charge is -2.38. The third-order valence-corrected chi connectivity index (χ3v) is 8.60. The molecule has 0 aliphatic carbocycles. The fraction of sp³-hybridized carbons (Fsp3) is 0.312. The van der Waals surface area contributed by atoms with Crippen molar-refractivity contribution in [2.75, 3.05) is 44.5 Å². The highest BCUT2D eigenvalue weighted by atomic mass is 32.1. The largest absolute Gasteiger partial charge is 0.497 e. The van der Waals surface area contributed by atoms with Crippen molar-refractivity contribution in [2.45, 2.75) is 26.0 Å². The van der Waals surface area contributed by atoms with Crippen LogP contribution < -0.4 is 20.1 Å². The second kappa shape index (κ2) is 13.3. The molecule has 1 aliphatic rings. The van der Waals surface area contributed by atoms with Crippen molar-refractivity contribution in [1.82, 2.24) is 14.8 Å². The number of benzene rings is 3. The maximum absolute atomic E-state index is 13.8. The monoisotopic (exact) mass is 617 g/mol. The van der Waals surface area contributed by atoms with Crippen LogP contribution in [0.4, 0.5) is 16.2 Å². The van der Waals surface area contributed by atoms with Crippen molar-refractivity contribution < 1.29 is 29.0 Å². The van der Waals surface area contributed by atoms with Crippen LogP contribution in [0.3, 0.4) is 0 Å². The van der Waals surface area contributed by atoms with Gasteiger partial charge in [0.25, 0.3) is 11.8 Å². The molecule has 44 heavy (non-hydrogen) atoms. The van der Waals surface area contributed by atoms with Gasteiger partial charge in [-0.1, -0.05) is 25.1 Å². The molecule has 0 fully saturated rings. The van der Waals surface area contributed by atoms with Gasteiger partial charge in [0.1, 0.15) is 11.9 Å². The number of methoxy groups -OCH3 is 1. The van der Waals surface area contributed by atoms with Gasteiger partial charge in [-0.2, -0.15) is 0 Å². The summed E-state index contributed by atoms with van der Waals surface area (Å²) in [6.45, 7) is 3.95. The fourth-order valence-corrected chi connectivity index (χ4v) is 5.81. The van der Waals surface area contributed by atoms with Crippen LogP contribution in [0.2, 0.25) is 0 Å². The van der Waals surface area contributed by atoms with Crippen molar-refractivity contribution in [3.8, 4) is 11.5 Å². The molecule has 0 radical (unpaired) electrons. The number of anilines is 2. The molecule has 0 bridgehead atoms. The minimum Gasteiger partial charge on any atom is -0.497 e.